The molecular weight excluding hydrogens is 290 g/mol. The average molecular weight is 306 g/mol. The Hall–Kier alpha value is -1.27. The van der Waals surface area contributed by atoms with Crippen LogP contribution in [0.1, 0.15) is 30.6 Å². The van der Waals surface area contributed by atoms with Gasteiger partial charge in [0.2, 0.25) is 10.0 Å². The minimum absolute atomic E-state index is 0.0104. The second kappa shape index (κ2) is 6.25. The molecule has 5 nitrogen and oxygen atoms in total. The summed E-state index contributed by atoms with van der Waals surface area (Å²) < 4.78 is 26.0. The highest BCUT2D eigenvalue weighted by molar-refractivity contribution is 7.92. The van der Waals surface area contributed by atoms with Gasteiger partial charge in [-0.1, -0.05) is 25.4 Å². The van der Waals surface area contributed by atoms with Gasteiger partial charge < -0.3 is 5.11 Å². The quantitative estimate of drug-likeness (QED) is 0.846. The molecule has 2 N–H and O–H groups in total. The lowest BCUT2D eigenvalue weighted by atomic mass is 10.2. The van der Waals surface area contributed by atoms with Gasteiger partial charge in [0, 0.05) is 5.02 Å². The highest BCUT2D eigenvalue weighted by atomic mass is 35.5. The number of carbonyl (C=O) groups is 1. The van der Waals surface area contributed by atoms with Gasteiger partial charge in [-0.05, 0) is 30.5 Å². The Morgan fingerprint density at radius 3 is 2.58 bits per heavy atom. The summed E-state index contributed by atoms with van der Waals surface area (Å²) in [4.78, 5) is 11.0. The Kier molecular flexibility index (Phi) is 5.20. The number of carboxylic acid groups (broad SMARTS) is 1. The highest BCUT2D eigenvalue weighted by Gasteiger charge is 2.17. The maximum atomic E-state index is 11.8. The smallest absolute Gasteiger partial charge is 0.337 e. The number of carboxylic acids is 1. The van der Waals surface area contributed by atoms with Crippen molar-refractivity contribution in [3.05, 3.63) is 28.8 Å². The predicted molar refractivity (Wildman–Crippen MR) is 75.3 cm³/mol. The number of nitrogens with one attached hydrogen (secondary N) is 1. The third-order valence-electron chi connectivity index (χ3n) is 2.44. The molecule has 0 aromatic heterocycles. The van der Waals surface area contributed by atoms with Gasteiger partial charge in [0.15, 0.2) is 0 Å². The van der Waals surface area contributed by atoms with Crippen molar-refractivity contribution in [2.24, 2.45) is 5.92 Å². The first-order valence-electron chi connectivity index (χ1n) is 5.74. The molecule has 7 heteroatoms. The van der Waals surface area contributed by atoms with Crippen molar-refractivity contribution >= 4 is 33.3 Å². The van der Waals surface area contributed by atoms with E-state index in [4.69, 9.17) is 16.7 Å². The molecule has 1 aromatic carbocycles. The van der Waals surface area contributed by atoms with Crippen LogP contribution in [0.15, 0.2) is 18.2 Å². The highest BCUT2D eigenvalue weighted by Crippen LogP contribution is 2.22. The summed E-state index contributed by atoms with van der Waals surface area (Å²) in [6.45, 7) is 3.83. The van der Waals surface area contributed by atoms with Gasteiger partial charge in [0.1, 0.15) is 0 Å². The van der Waals surface area contributed by atoms with Gasteiger partial charge in [-0.15, -0.1) is 0 Å². The van der Waals surface area contributed by atoms with Gasteiger partial charge in [-0.25, -0.2) is 13.2 Å². The molecule has 0 unspecified atom stereocenters. The zero-order valence-corrected chi connectivity index (χ0v) is 12.3. The van der Waals surface area contributed by atoms with Crippen molar-refractivity contribution < 1.29 is 18.3 Å². The van der Waals surface area contributed by atoms with Crippen molar-refractivity contribution in [1.82, 2.24) is 0 Å². The SMILES string of the molecule is CC(C)CCS(=O)(=O)Nc1cc(Cl)ccc1C(=O)O. The molecule has 0 fully saturated rings. The van der Waals surface area contributed by atoms with Crippen LogP contribution in [0.2, 0.25) is 5.02 Å². The fourth-order valence-corrected chi connectivity index (χ4v) is 2.96. The molecule has 106 valence electrons. The Morgan fingerprint density at radius 1 is 1.42 bits per heavy atom. The normalized spacial score (nSPS) is 11.6. The molecule has 0 atom stereocenters. The predicted octanol–water partition coefficient (Wildman–Crippen LogP) is 2.83. The monoisotopic (exact) mass is 305 g/mol. The molecule has 0 radical (unpaired) electrons. The van der Waals surface area contributed by atoms with Gasteiger partial charge in [0.25, 0.3) is 0 Å². The lowest BCUT2D eigenvalue weighted by molar-refractivity contribution is 0.0698. The molecule has 0 bridgehead atoms. The number of rotatable bonds is 6. The van der Waals surface area contributed by atoms with Gasteiger partial charge in [-0.3, -0.25) is 4.72 Å². The molecule has 0 aliphatic carbocycles. The van der Waals surface area contributed by atoms with Crippen LogP contribution >= 0.6 is 11.6 Å². The molecular formula is C12H16ClNO4S. The van der Waals surface area contributed by atoms with Crippen molar-refractivity contribution in [3.63, 3.8) is 0 Å². The van der Waals surface area contributed by atoms with Crippen LogP contribution in [-0.4, -0.2) is 25.2 Å². The van der Waals surface area contributed by atoms with E-state index in [1.54, 1.807) is 0 Å². The van der Waals surface area contributed by atoms with Crippen molar-refractivity contribution in [2.75, 3.05) is 10.5 Å². The Labute approximate surface area is 117 Å². The first-order chi connectivity index (χ1) is 8.71. The first kappa shape index (κ1) is 15.8. The molecule has 0 heterocycles. The third-order valence-corrected chi connectivity index (χ3v) is 3.98. The zero-order chi connectivity index (χ0) is 14.6. The minimum atomic E-state index is -3.57. The maximum absolute atomic E-state index is 11.8. The van der Waals surface area contributed by atoms with Crippen molar-refractivity contribution in [1.29, 1.82) is 0 Å². The van der Waals surface area contributed by atoms with E-state index < -0.39 is 16.0 Å². The van der Waals surface area contributed by atoms with E-state index in [0.29, 0.717) is 6.42 Å². The number of halogens is 1. The van der Waals surface area contributed by atoms with Crippen molar-refractivity contribution in [2.45, 2.75) is 20.3 Å². The summed E-state index contributed by atoms with van der Waals surface area (Å²) in [6, 6.07) is 3.96. The number of sulfonamides is 1. The van der Waals surface area contributed by atoms with E-state index in [1.165, 1.54) is 18.2 Å². The Bertz CT molecular complexity index is 569. The fraction of sp³-hybridized carbons (Fsp3) is 0.417. The Balaban J connectivity index is 2.98. The molecule has 0 saturated carbocycles. The topological polar surface area (TPSA) is 83.5 Å². The van der Waals surface area contributed by atoms with E-state index in [1.807, 2.05) is 13.8 Å². The summed E-state index contributed by atoms with van der Waals surface area (Å²) in [5, 5.41) is 9.26. The fourth-order valence-electron chi connectivity index (χ4n) is 1.40. The van der Waals surface area contributed by atoms with Crippen LogP contribution in [0.25, 0.3) is 0 Å². The number of anilines is 1. The molecule has 19 heavy (non-hydrogen) atoms. The van der Waals surface area contributed by atoms with Crippen molar-refractivity contribution in [3.8, 4) is 0 Å². The van der Waals surface area contributed by atoms with E-state index in [0.717, 1.165) is 0 Å². The molecule has 0 saturated heterocycles. The standard InChI is InChI=1S/C12H16ClNO4S/c1-8(2)5-6-19(17,18)14-11-7-9(13)3-4-10(11)12(15)16/h3-4,7-8,14H,5-6H2,1-2H3,(H,15,16). The minimum Gasteiger partial charge on any atom is -0.478 e. The van der Waals surface area contributed by atoms with E-state index >= 15 is 0 Å². The van der Waals surface area contributed by atoms with Gasteiger partial charge >= 0.3 is 5.97 Å². The van der Waals surface area contributed by atoms with Gasteiger partial charge in [0.05, 0.1) is 17.0 Å². The summed E-state index contributed by atoms with van der Waals surface area (Å²) >= 11 is 5.75. The van der Waals surface area contributed by atoms with E-state index in [-0.39, 0.29) is 27.9 Å². The van der Waals surface area contributed by atoms with Crippen LogP contribution < -0.4 is 4.72 Å². The van der Waals surface area contributed by atoms with Gasteiger partial charge in [-0.2, -0.15) is 0 Å². The summed E-state index contributed by atoms with van der Waals surface area (Å²) in [5.74, 6) is -1.02. The molecule has 0 amide bonds. The van der Waals surface area contributed by atoms with Crippen LogP contribution in [0.4, 0.5) is 5.69 Å². The molecule has 0 aliphatic rings. The molecule has 0 aliphatic heterocycles. The number of hydrogen-bond acceptors (Lipinski definition) is 3. The van der Waals surface area contributed by atoms with E-state index in [9.17, 15) is 13.2 Å². The summed E-state index contributed by atoms with van der Waals surface area (Å²) in [6.07, 6.45) is 0.498. The molecule has 0 spiro atoms. The van der Waals surface area contributed by atoms with Crippen LogP contribution in [0, 0.1) is 5.92 Å². The van der Waals surface area contributed by atoms with Crippen LogP contribution in [-0.2, 0) is 10.0 Å². The number of benzene rings is 1. The summed E-state index contributed by atoms with van der Waals surface area (Å²) in [7, 11) is -3.57. The second-order valence-corrected chi connectivity index (χ2v) is 6.88. The third kappa shape index (κ3) is 5.08. The first-order valence-corrected chi connectivity index (χ1v) is 7.77. The van der Waals surface area contributed by atoms with Crippen LogP contribution in [0.3, 0.4) is 0 Å². The largest absolute Gasteiger partial charge is 0.478 e. The lowest BCUT2D eigenvalue weighted by Crippen LogP contribution is -2.19. The second-order valence-electron chi connectivity index (χ2n) is 4.60. The molecule has 1 rings (SSSR count). The maximum Gasteiger partial charge on any atom is 0.337 e. The average Bonchev–Trinajstić information content (AvgIpc) is 2.25. The molecule has 1 aromatic rings. The van der Waals surface area contributed by atoms with Crippen LogP contribution in [0.5, 0.6) is 0 Å². The summed E-state index contributed by atoms with van der Waals surface area (Å²) in [5.41, 5.74) is -0.138. The zero-order valence-electron chi connectivity index (χ0n) is 10.7. The lowest BCUT2D eigenvalue weighted by Gasteiger charge is -2.11. The number of aromatic carboxylic acids is 1. The van der Waals surface area contributed by atoms with E-state index in [2.05, 4.69) is 4.72 Å². The Morgan fingerprint density at radius 2 is 2.05 bits per heavy atom. The number of hydrogen-bond donors (Lipinski definition) is 2.